The largest absolute Gasteiger partial charge is 0.493 e. The number of anilines is 1. The van der Waals surface area contributed by atoms with Gasteiger partial charge in [0.25, 0.3) is 11.5 Å². The van der Waals surface area contributed by atoms with Gasteiger partial charge in [0.05, 0.1) is 30.9 Å². The third-order valence-corrected chi connectivity index (χ3v) is 8.40. The summed E-state index contributed by atoms with van der Waals surface area (Å²) in [5, 5.41) is 12.1. The van der Waals surface area contributed by atoms with Gasteiger partial charge in [-0.2, -0.15) is 13.2 Å². The van der Waals surface area contributed by atoms with Crippen LogP contribution in [0.4, 0.5) is 27.6 Å². The molecule has 246 valence electrons. The maximum Gasteiger partial charge on any atom is 0.417 e. The van der Waals surface area contributed by atoms with Crippen LogP contribution >= 0.6 is 0 Å². The number of carboxylic acids is 1. The highest BCUT2D eigenvalue weighted by atomic mass is 19.4. The number of pyridine rings is 1. The first kappa shape index (κ1) is 32.9. The van der Waals surface area contributed by atoms with E-state index in [9.17, 15) is 32.7 Å². The summed E-state index contributed by atoms with van der Waals surface area (Å²) in [5.41, 5.74) is -2.66. The molecular formula is C32H32F5N3O6. The number of ether oxygens (including phenoxy) is 2. The molecule has 0 radical (unpaired) electrons. The number of aliphatic carboxylic acids is 1. The summed E-state index contributed by atoms with van der Waals surface area (Å²) in [6.07, 6.45) is -4.49. The number of rotatable bonds is 7. The molecule has 14 heteroatoms. The quantitative estimate of drug-likeness (QED) is 0.359. The number of benzene rings is 2. The summed E-state index contributed by atoms with van der Waals surface area (Å²) in [4.78, 5) is 40.2. The maximum atomic E-state index is 15.1. The van der Waals surface area contributed by atoms with Crippen molar-refractivity contribution in [2.75, 3.05) is 31.3 Å². The Labute approximate surface area is 260 Å². The highest BCUT2D eigenvalue weighted by Gasteiger charge is 2.38. The van der Waals surface area contributed by atoms with E-state index in [0.717, 1.165) is 22.8 Å². The number of carbonyl (C=O) groups is 2. The van der Waals surface area contributed by atoms with Gasteiger partial charge in [-0.15, -0.1) is 0 Å². The summed E-state index contributed by atoms with van der Waals surface area (Å²) in [6, 6.07) is 3.69. The Hall–Kier alpha value is -4.46. The number of fused-ring (bicyclic) bond motifs is 1. The van der Waals surface area contributed by atoms with Gasteiger partial charge in [0.2, 0.25) is 0 Å². The molecule has 0 spiro atoms. The molecule has 2 N–H and O–H groups in total. The van der Waals surface area contributed by atoms with Gasteiger partial charge >= 0.3 is 12.1 Å². The fourth-order valence-corrected chi connectivity index (χ4v) is 5.93. The van der Waals surface area contributed by atoms with Crippen molar-refractivity contribution in [3.05, 3.63) is 80.3 Å². The van der Waals surface area contributed by atoms with Crippen molar-refractivity contribution in [1.82, 2.24) is 9.88 Å². The number of halogens is 5. The Balaban J connectivity index is 1.47. The average molecular weight is 650 g/mol. The molecule has 1 saturated heterocycles. The van der Waals surface area contributed by atoms with Gasteiger partial charge in [0, 0.05) is 43.0 Å². The number of alkyl halides is 3. The number of amides is 1. The van der Waals surface area contributed by atoms with E-state index < -0.39 is 58.0 Å². The van der Waals surface area contributed by atoms with E-state index in [1.165, 1.54) is 26.1 Å². The molecule has 2 aliphatic heterocycles. The summed E-state index contributed by atoms with van der Waals surface area (Å²) in [6.45, 7) is 4.44. The van der Waals surface area contributed by atoms with E-state index in [-0.39, 0.29) is 48.2 Å². The molecule has 46 heavy (non-hydrogen) atoms. The molecular weight excluding hydrogens is 617 g/mol. The second-order valence-corrected chi connectivity index (χ2v) is 11.4. The van der Waals surface area contributed by atoms with E-state index in [0.29, 0.717) is 37.3 Å². The van der Waals surface area contributed by atoms with Crippen LogP contribution in [0.2, 0.25) is 0 Å². The van der Waals surface area contributed by atoms with E-state index in [2.05, 4.69) is 5.32 Å². The topological polar surface area (TPSA) is 110 Å². The SMILES string of the molecule is Cc1cc(C(F)(F)F)c(-c2ccc(C[C@H](NC(=O)c3c(F)cc(N4CCOC[C@@H]4C)cc3F)C(=O)O)c3c2OCCC3)c(=O)n1C. The zero-order chi connectivity index (χ0) is 33.5. The highest BCUT2D eigenvalue weighted by Crippen LogP contribution is 2.43. The third-order valence-electron chi connectivity index (χ3n) is 8.40. The normalized spacial score (nSPS) is 17.2. The van der Waals surface area contributed by atoms with Crippen molar-refractivity contribution in [1.29, 1.82) is 0 Å². The van der Waals surface area contributed by atoms with Crippen LogP contribution in [-0.2, 0) is 35.6 Å². The first-order valence-electron chi connectivity index (χ1n) is 14.6. The lowest BCUT2D eigenvalue weighted by atomic mass is 9.89. The molecule has 5 rings (SSSR count). The second-order valence-electron chi connectivity index (χ2n) is 11.4. The number of hydrogen-bond acceptors (Lipinski definition) is 6. The number of carboxylic acid groups (broad SMARTS) is 1. The number of aromatic nitrogens is 1. The third kappa shape index (κ3) is 6.30. The summed E-state index contributed by atoms with van der Waals surface area (Å²) < 4.78 is 84.8. The molecule has 3 aromatic rings. The molecule has 3 heterocycles. The number of morpholine rings is 1. The maximum absolute atomic E-state index is 15.1. The van der Waals surface area contributed by atoms with Crippen molar-refractivity contribution >= 4 is 17.6 Å². The van der Waals surface area contributed by atoms with E-state index in [1.54, 1.807) is 4.90 Å². The molecule has 9 nitrogen and oxygen atoms in total. The molecule has 1 amide bonds. The number of hydrogen-bond donors (Lipinski definition) is 2. The van der Waals surface area contributed by atoms with Gasteiger partial charge in [0.1, 0.15) is 29.0 Å². The molecule has 2 atom stereocenters. The zero-order valence-corrected chi connectivity index (χ0v) is 25.3. The Bertz CT molecular complexity index is 1730. The van der Waals surface area contributed by atoms with Crippen LogP contribution in [0.1, 0.15) is 46.1 Å². The summed E-state index contributed by atoms with van der Waals surface area (Å²) >= 11 is 0. The fourth-order valence-electron chi connectivity index (χ4n) is 5.93. The van der Waals surface area contributed by atoms with Crippen LogP contribution in [0, 0.1) is 18.6 Å². The lowest BCUT2D eigenvalue weighted by molar-refractivity contribution is -0.139. The van der Waals surface area contributed by atoms with Crippen molar-refractivity contribution in [3.63, 3.8) is 0 Å². The predicted molar refractivity (Wildman–Crippen MR) is 157 cm³/mol. The van der Waals surface area contributed by atoms with Crippen LogP contribution in [0.3, 0.4) is 0 Å². The van der Waals surface area contributed by atoms with Crippen molar-refractivity contribution < 1.29 is 46.1 Å². The monoisotopic (exact) mass is 649 g/mol. The molecule has 2 aromatic carbocycles. The molecule has 0 bridgehead atoms. The Morgan fingerprint density at radius 2 is 1.83 bits per heavy atom. The molecule has 0 saturated carbocycles. The molecule has 0 aliphatic carbocycles. The standard InChI is InChI=1S/C32H32F5N3O6/c1-16-11-22(32(35,36)37)26(30(42)39(16)3)21-7-6-18(20-5-4-9-46-28(20)21)12-25(31(43)44)38-29(41)27-23(33)13-19(14-24(27)34)40-8-10-45-15-17(40)2/h6-7,11,13-14,17,25H,4-5,8-10,12,15H2,1-3H3,(H,38,41)(H,43,44)/t17-,25-/m0/s1. The van der Waals surface area contributed by atoms with Gasteiger partial charge in [0.15, 0.2) is 0 Å². The predicted octanol–water partition coefficient (Wildman–Crippen LogP) is 4.63. The molecule has 1 fully saturated rings. The van der Waals surface area contributed by atoms with Gasteiger partial charge in [-0.25, -0.2) is 13.6 Å². The van der Waals surface area contributed by atoms with Crippen molar-refractivity contribution in [2.45, 2.75) is 51.4 Å². The lowest BCUT2D eigenvalue weighted by Crippen LogP contribution is -2.44. The van der Waals surface area contributed by atoms with E-state index >= 15 is 8.78 Å². The first-order valence-corrected chi connectivity index (χ1v) is 14.6. The summed E-state index contributed by atoms with van der Waals surface area (Å²) in [7, 11) is 1.35. The van der Waals surface area contributed by atoms with Crippen molar-refractivity contribution in [3.8, 4) is 16.9 Å². The highest BCUT2D eigenvalue weighted by molar-refractivity contribution is 5.97. The number of aryl methyl sites for hydroxylation is 1. The van der Waals surface area contributed by atoms with Crippen LogP contribution in [0.15, 0.2) is 35.1 Å². The van der Waals surface area contributed by atoms with Gasteiger partial charge in [-0.1, -0.05) is 12.1 Å². The zero-order valence-electron chi connectivity index (χ0n) is 25.3. The average Bonchev–Trinajstić information content (AvgIpc) is 2.99. The van der Waals surface area contributed by atoms with Gasteiger partial charge < -0.3 is 29.4 Å². The number of carbonyl (C=O) groups excluding carboxylic acids is 1. The second kappa shape index (κ2) is 12.7. The summed E-state index contributed by atoms with van der Waals surface area (Å²) in [5.74, 6) is -5.13. The van der Waals surface area contributed by atoms with Crippen molar-refractivity contribution in [2.24, 2.45) is 7.05 Å². The minimum Gasteiger partial charge on any atom is -0.493 e. The van der Waals surface area contributed by atoms with Crippen LogP contribution in [-0.4, -0.2) is 60.0 Å². The first-order chi connectivity index (χ1) is 21.7. The van der Waals surface area contributed by atoms with Crippen LogP contribution < -0.4 is 20.5 Å². The Morgan fingerprint density at radius 3 is 2.46 bits per heavy atom. The van der Waals surface area contributed by atoms with E-state index in [4.69, 9.17) is 9.47 Å². The minimum absolute atomic E-state index is 0.00990. The minimum atomic E-state index is -4.85. The van der Waals surface area contributed by atoms with E-state index in [1.807, 2.05) is 6.92 Å². The van der Waals surface area contributed by atoms with Crippen LogP contribution in [0.5, 0.6) is 5.75 Å². The Kier molecular flexibility index (Phi) is 9.12. The van der Waals surface area contributed by atoms with Gasteiger partial charge in [-0.3, -0.25) is 9.59 Å². The fraction of sp³-hybridized carbons (Fsp3) is 0.406. The smallest absolute Gasteiger partial charge is 0.417 e. The number of nitrogens with one attached hydrogen (secondary N) is 1. The van der Waals surface area contributed by atoms with Gasteiger partial charge in [-0.05, 0) is 56.0 Å². The Morgan fingerprint density at radius 1 is 1.13 bits per heavy atom. The van der Waals surface area contributed by atoms with Crippen LogP contribution in [0.25, 0.3) is 11.1 Å². The molecule has 0 unspecified atom stereocenters. The molecule has 2 aliphatic rings. The molecule has 1 aromatic heterocycles. The number of nitrogens with zero attached hydrogens (tertiary/aromatic N) is 2. The lowest BCUT2D eigenvalue weighted by Gasteiger charge is -2.35.